The zero-order chi connectivity index (χ0) is 22.7. The molecule has 2 aromatic carbocycles. The van der Waals surface area contributed by atoms with Gasteiger partial charge >= 0.3 is 13.1 Å². The molecule has 2 heterocycles. The van der Waals surface area contributed by atoms with Gasteiger partial charge in [-0.25, -0.2) is 4.79 Å². The lowest BCUT2D eigenvalue weighted by Gasteiger charge is -2.28. The number of fused-ring (bicyclic) bond motifs is 2. The van der Waals surface area contributed by atoms with Crippen molar-refractivity contribution in [3.63, 3.8) is 0 Å². The molecule has 168 valence electrons. The van der Waals surface area contributed by atoms with E-state index < -0.39 is 19.0 Å². The number of para-hydroxylation sites is 1. The molecule has 0 aromatic heterocycles. The van der Waals surface area contributed by atoms with Crippen LogP contribution in [0.25, 0.3) is 0 Å². The second kappa shape index (κ2) is 9.73. The number of carbonyl (C=O) groups excluding carboxylic acids is 1. The molecule has 0 radical (unpaired) electrons. The van der Waals surface area contributed by atoms with Gasteiger partial charge in [0.1, 0.15) is 5.75 Å². The summed E-state index contributed by atoms with van der Waals surface area (Å²) in [5.74, 6) is -1.82. The van der Waals surface area contributed by atoms with Gasteiger partial charge in [0.25, 0.3) is 0 Å². The number of hydrogen-bond acceptors (Lipinski definition) is 6. The van der Waals surface area contributed by atoms with Crippen molar-refractivity contribution in [2.45, 2.75) is 44.7 Å². The highest BCUT2D eigenvalue weighted by molar-refractivity contribution is 6.47. The monoisotopic (exact) mass is 437 g/mol. The summed E-state index contributed by atoms with van der Waals surface area (Å²) in [5.41, 5.74) is 4.06. The second-order valence-electron chi connectivity index (χ2n) is 8.27. The molecule has 2 aliphatic heterocycles. The maximum Gasteiger partial charge on any atom is 0.547 e. The summed E-state index contributed by atoms with van der Waals surface area (Å²) in [4.78, 5) is 24.0. The predicted molar refractivity (Wildman–Crippen MR) is 121 cm³/mol. The summed E-state index contributed by atoms with van der Waals surface area (Å²) in [6, 6.07) is 11.3. The van der Waals surface area contributed by atoms with Crippen LogP contribution < -0.4 is 20.6 Å². The first-order valence-corrected chi connectivity index (χ1v) is 11.0. The zero-order valence-electron chi connectivity index (χ0n) is 18.1. The molecule has 8 nitrogen and oxygen atoms in total. The Balaban J connectivity index is 1.37. The van der Waals surface area contributed by atoms with Crippen molar-refractivity contribution in [2.75, 3.05) is 13.1 Å². The van der Waals surface area contributed by atoms with Crippen molar-refractivity contribution in [1.29, 1.82) is 0 Å². The van der Waals surface area contributed by atoms with Crippen LogP contribution in [-0.4, -0.2) is 48.2 Å². The van der Waals surface area contributed by atoms with Gasteiger partial charge in [0, 0.05) is 12.6 Å². The number of aromatic carboxylic acids is 1. The van der Waals surface area contributed by atoms with Crippen LogP contribution in [0.4, 0.5) is 0 Å². The summed E-state index contributed by atoms with van der Waals surface area (Å²) in [7, 11) is -1.31. The van der Waals surface area contributed by atoms with Gasteiger partial charge in [0.05, 0.1) is 17.9 Å². The van der Waals surface area contributed by atoms with E-state index in [4.69, 9.17) is 4.65 Å². The van der Waals surface area contributed by atoms with E-state index in [1.54, 1.807) is 12.1 Å². The van der Waals surface area contributed by atoms with E-state index in [2.05, 4.69) is 35.0 Å². The molecule has 0 aliphatic carbocycles. The van der Waals surface area contributed by atoms with Crippen molar-refractivity contribution in [3.8, 4) is 5.75 Å². The van der Waals surface area contributed by atoms with Crippen LogP contribution >= 0.6 is 0 Å². The van der Waals surface area contributed by atoms with Gasteiger partial charge < -0.3 is 30.7 Å². The Morgan fingerprint density at radius 2 is 2.09 bits per heavy atom. The van der Waals surface area contributed by atoms with E-state index in [-0.39, 0.29) is 23.6 Å². The number of benzene rings is 2. The molecule has 5 N–H and O–H groups in total. The van der Waals surface area contributed by atoms with Crippen molar-refractivity contribution in [2.24, 2.45) is 0 Å². The number of nitrogens with one attached hydrogen (secondary N) is 3. The van der Waals surface area contributed by atoms with Gasteiger partial charge in [-0.3, -0.25) is 4.79 Å². The molecule has 0 bridgehead atoms. The highest BCUT2D eigenvalue weighted by atomic mass is 16.5. The van der Waals surface area contributed by atoms with Crippen LogP contribution in [0.2, 0.25) is 0 Å². The number of hydrogen-bond donors (Lipinski definition) is 5. The van der Waals surface area contributed by atoms with E-state index in [0.29, 0.717) is 18.0 Å². The summed E-state index contributed by atoms with van der Waals surface area (Å²) in [6.07, 6.45) is 1.51. The van der Waals surface area contributed by atoms with E-state index in [1.807, 2.05) is 6.07 Å². The van der Waals surface area contributed by atoms with Crippen LogP contribution in [0.5, 0.6) is 5.75 Å². The lowest BCUT2D eigenvalue weighted by molar-refractivity contribution is -0.120. The largest absolute Gasteiger partial charge is 0.547 e. The van der Waals surface area contributed by atoms with E-state index in [9.17, 15) is 19.7 Å². The van der Waals surface area contributed by atoms with Crippen LogP contribution in [-0.2, 0) is 24.2 Å². The maximum absolute atomic E-state index is 12.7. The fourth-order valence-corrected chi connectivity index (χ4v) is 4.45. The Morgan fingerprint density at radius 3 is 2.88 bits per heavy atom. The minimum absolute atomic E-state index is 0.00172. The highest BCUT2D eigenvalue weighted by Gasteiger charge is 2.37. The number of amides is 1. The quantitative estimate of drug-likeness (QED) is 0.311. The van der Waals surface area contributed by atoms with Gasteiger partial charge in [0.15, 0.2) is 0 Å². The Bertz CT molecular complexity index is 1020. The average Bonchev–Trinajstić information content (AvgIpc) is 3.16. The van der Waals surface area contributed by atoms with Gasteiger partial charge in [0.2, 0.25) is 5.91 Å². The van der Waals surface area contributed by atoms with Gasteiger partial charge in [-0.05, 0) is 54.3 Å². The minimum atomic E-state index is -1.31. The Labute approximate surface area is 187 Å². The van der Waals surface area contributed by atoms with Gasteiger partial charge in [-0.2, -0.15) is 0 Å². The molecule has 9 heteroatoms. The van der Waals surface area contributed by atoms with Crippen LogP contribution in [0.1, 0.15) is 52.0 Å². The molecule has 0 fully saturated rings. The van der Waals surface area contributed by atoms with E-state index in [1.165, 1.54) is 17.2 Å². The molecule has 0 saturated heterocycles. The molecule has 4 rings (SSSR count). The third-order valence-corrected chi connectivity index (χ3v) is 6.04. The molecule has 2 aromatic rings. The standard InChI is InChI=1S/C23H28BN3O5/c1-2-25-9-8-19-17-7-6-14(10-16(17)13-26-19)11-21(28)27-20-12-15-4-3-5-18(23(29)30)22(15)32-24(20)31/h3-7,10,19-20,25-26,31H,2,8-9,11-13H2,1H3,(H,27,28)(H,29,30). The zero-order valence-corrected chi connectivity index (χ0v) is 18.1. The predicted octanol–water partition coefficient (Wildman–Crippen LogP) is 1.21. The fourth-order valence-electron chi connectivity index (χ4n) is 4.45. The molecule has 2 aliphatic rings. The van der Waals surface area contributed by atoms with Crippen LogP contribution in [0.15, 0.2) is 36.4 Å². The first-order valence-electron chi connectivity index (χ1n) is 11.0. The Morgan fingerprint density at radius 1 is 1.25 bits per heavy atom. The van der Waals surface area contributed by atoms with Gasteiger partial charge in [-0.1, -0.05) is 37.3 Å². The van der Waals surface area contributed by atoms with Crippen LogP contribution in [0.3, 0.4) is 0 Å². The molecular weight excluding hydrogens is 409 g/mol. The normalized spacial score (nSPS) is 19.1. The SMILES string of the molecule is CCNCCC1NCc2cc(CC(=O)NC3Cc4cccc(C(=O)O)c4OB3O)ccc21. The first-order chi connectivity index (χ1) is 15.5. The third-order valence-electron chi connectivity index (χ3n) is 6.04. The lowest BCUT2D eigenvalue weighted by atomic mass is 9.72. The first kappa shape index (κ1) is 22.3. The topological polar surface area (TPSA) is 120 Å². The summed E-state index contributed by atoms with van der Waals surface area (Å²) in [5, 5.41) is 29.3. The summed E-state index contributed by atoms with van der Waals surface area (Å²) < 4.78 is 5.45. The molecule has 0 spiro atoms. The van der Waals surface area contributed by atoms with E-state index >= 15 is 0 Å². The molecule has 32 heavy (non-hydrogen) atoms. The average molecular weight is 437 g/mol. The van der Waals surface area contributed by atoms with Gasteiger partial charge in [-0.15, -0.1) is 0 Å². The third kappa shape index (κ3) is 4.80. The number of carboxylic acid groups (broad SMARTS) is 1. The molecule has 1 amide bonds. The summed E-state index contributed by atoms with van der Waals surface area (Å²) in [6.45, 7) is 4.80. The van der Waals surface area contributed by atoms with Crippen molar-refractivity contribution in [3.05, 3.63) is 64.2 Å². The van der Waals surface area contributed by atoms with Crippen molar-refractivity contribution >= 4 is 19.0 Å². The maximum atomic E-state index is 12.7. The highest BCUT2D eigenvalue weighted by Crippen LogP contribution is 2.31. The lowest BCUT2D eigenvalue weighted by Crippen LogP contribution is -2.53. The van der Waals surface area contributed by atoms with Crippen molar-refractivity contribution < 1.29 is 24.4 Å². The fraction of sp³-hybridized carbons (Fsp3) is 0.391. The summed E-state index contributed by atoms with van der Waals surface area (Å²) >= 11 is 0. The minimum Gasteiger partial charge on any atom is -0.534 e. The molecule has 2 atom stereocenters. The number of carbonyl (C=O) groups is 2. The second-order valence-corrected chi connectivity index (χ2v) is 8.27. The molecular formula is C23H28BN3O5. The van der Waals surface area contributed by atoms with Crippen molar-refractivity contribution in [1.82, 2.24) is 16.0 Å². The Kier molecular flexibility index (Phi) is 6.79. The number of rotatable bonds is 8. The van der Waals surface area contributed by atoms with E-state index in [0.717, 1.165) is 31.6 Å². The number of carboxylic acids is 1. The molecule has 2 unspecified atom stereocenters. The van der Waals surface area contributed by atoms with Crippen LogP contribution in [0, 0.1) is 0 Å². The smallest absolute Gasteiger partial charge is 0.534 e. The molecule has 0 saturated carbocycles. The Hall–Kier alpha value is -2.88.